The van der Waals surface area contributed by atoms with E-state index < -0.39 is 5.97 Å². The van der Waals surface area contributed by atoms with Crippen LogP contribution in [-0.4, -0.2) is 20.6 Å². The molecular formula is C13H20N2O2. The van der Waals surface area contributed by atoms with Crippen LogP contribution in [0.2, 0.25) is 0 Å². The van der Waals surface area contributed by atoms with Gasteiger partial charge in [0, 0.05) is 11.7 Å². The van der Waals surface area contributed by atoms with Gasteiger partial charge in [-0.25, -0.2) is 4.98 Å². The average molecular weight is 236 g/mol. The van der Waals surface area contributed by atoms with Gasteiger partial charge in [0.1, 0.15) is 12.2 Å². The molecule has 94 valence electrons. The molecule has 0 amide bonds. The summed E-state index contributed by atoms with van der Waals surface area (Å²) in [5.41, 5.74) is 2.10. The zero-order valence-corrected chi connectivity index (χ0v) is 10.6. The van der Waals surface area contributed by atoms with Crippen LogP contribution in [0.15, 0.2) is 0 Å². The summed E-state index contributed by atoms with van der Waals surface area (Å²) in [6, 6.07) is 0.458. The normalized spacial score (nSPS) is 17.3. The van der Waals surface area contributed by atoms with Gasteiger partial charge >= 0.3 is 5.97 Å². The van der Waals surface area contributed by atoms with E-state index in [1.54, 1.807) is 0 Å². The van der Waals surface area contributed by atoms with E-state index in [-0.39, 0.29) is 6.42 Å². The van der Waals surface area contributed by atoms with Gasteiger partial charge < -0.3 is 9.67 Å². The molecule has 1 N–H and O–H groups in total. The fraction of sp³-hybridized carbons (Fsp3) is 0.692. The molecular weight excluding hydrogens is 216 g/mol. The third-order valence-electron chi connectivity index (χ3n) is 3.71. The Kier molecular flexibility index (Phi) is 3.50. The second-order valence-electron chi connectivity index (χ2n) is 4.93. The lowest BCUT2D eigenvalue weighted by Gasteiger charge is -2.26. The van der Waals surface area contributed by atoms with E-state index in [0.29, 0.717) is 6.04 Å². The molecule has 0 bridgehead atoms. The second kappa shape index (κ2) is 4.90. The predicted octanol–water partition coefficient (Wildman–Crippen LogP) is 2.63. The van der Waals surface area contributed by atoms with Crippen LogP contribution < -0.4 is 0 Å². The molecule has 0 aromatic carbocycles. The standard InChI is InChI=1S/C13H20N2O2/c1-9-10(2)15(11-6-4-3-5-7-11)12(14-9)8-13(16)17/h11H,3-8H2,1-2H3,(H,16,17). The quantitative estimate of drug-likeness (QED) is 0.877. The number of aliphatic carboxylic acids is 1. The molecule has 1 fully saturated rings. The first kappa shape index (κ1) is 12.1. The molecule has 4 nitrogen and oxygen atoms in total. The molecule has 2 rings (SSSR count). The second-order valence-corrected chi connectivity index (χ2v) is 4.93. The first-order chi connectivity index (χ1) is 8.09. The van der Waals surface area contributed by atoms with Crippen molar-refractivity contribution in [1.82, 2.24) is 9.55 Å². The SMILES string of the molecule is Cc1nc(CC(=O)O)n(C2CCCCC2)c1C. The number of aryl methyl sites for hydroxylation is 1. The van der Waals surface area contributed by atoms with Crippen LogP contribution >= 0.6 is 0 Å². The van der Waals surface area contributed by atoms with E-state index >= 15 is 0 Å². The minimum absolute atomic E-state index is 0.0329. The van der Waals surface area contributed by atoms with Gasteiger partial charge in [-0.05, 0) is 26.7 Å². The maximum Gasteiger partial charge on any atom is 0.311 e. The van der Waals surface area contributed by atoms with E-state index in [9.17, 15) is 4.79 Å². The molecule has 17 heavy (non-hydrogen) atoms. The van der Waals surface area contributed by atoms with Crippen molar-refractivity contribution in [2.75, 3.05) is 0 Å². The highest BCUT2D eigenvalue weighted by molar-refractivity contribution is 5.69. The minimum Gasteiger partial charge on any atom is -0.481 e. The molecule has 0 saturated heterocycles. The first-order valence-electron chi connectivity index (χ1n) is 6.35. The largest absolute Gasteiger partial charge is 0.481 e. The third kappa shape index (κ3) is 2.51. The zero-order chi connectivity index (χ0) is 12.4. The van der Waals surface area contributed by atoms with Crippen molar-refractivity contribution < 1.29 is 9.90 Å². The highest BCUT2D eigenvalue weighted by Crippen LogP contribution is 2.31. The average Bonchev–Trinajstić information content (AvgIpc) is 2.55. The van der Waals surface area contributed by atoms with Crippen molar-refractivity contribution in [3.05, 3.63) is 17.2 Å². The Morgan fingerprint density at radius 1 is 1.35 bits per heavy atom. The number of hydrogen-bond acceptors (Lipinski definition) is 2. The Morgan fingerprint density at radius 3 is 2.59 bits per heavy atom. The molecule has 4 heteroatoms. The molecule has 0 spiro atoms. The number of carboxylic acid groups (broad SMARTS) is 1. The Balaban J connectivity index is 2.32. The third-order valence-corrected chi connectivity index (χ3v) is 3.71. The lowest BCUT2D eigenvalue weighted by molar-refractivity contribution is -0.136. The van der Waals surface area contributed by atoms with Gasteiger partial charge in [-0.2, -0.15) is 0 Å². The van der Waals surface area contributed by atoms with Crippen LogP contribution in [0.3, 0.4) is 0 Å². The summed E-state index contributed by atoms with van der Waals surface area (Å²) < 4.78 is 2.17. The van der Waals surface area contributed by atoms with Crippen molar-refractivity contribution in [3.8, 4) is 0 Å². The van der Waals surface area contributed by atoms with E-state index in [0.717, 1.165) is 30.1 Å². The number of nitrogens with zero attached hydrogens (tertiary/aromatic N) is 2. The van der Waals surface area contributed by atoms with Gasteiger partial charge in [0.05, 0.1) is 5.69 Å². The van der Waals surface area contributed by atoms with Crippen LogP contribution in [-0.2, 0) is 11.2 Å². The van der Waals surface area contributed by atoms with E-state index in [1.807, 2.05) is 13.8 Å². The fourth-order valence-corrected chi connectivity index (χ4v) is 2.78. The highest BCUT2D eigenvalue weighted by Gasteiger charge is 2.22. The molecule has 1 heterocycles. The van der Waals surface area contributed by atoms with Crippen LogP contribution in [0, 0.1) is 13.8 Å². The predicted molar refractivity (Wildman–Crippen MR) is 65.2 cm³/mol. The maximum absolute atomic E-state index is 10.9. The smallest absolute Gasteiger partial charge is 0.311 e. The number of carbonyl (C=O) groups is 1. The van der Waals surface area contributed by atoms with Crippen molar-refractivity contribution in [1.29, 1.82) is 0 Å². The molecule has 0 unspecified atom stereocenters. The topological polar surface area (TPSA) is 55.1 Å². The van der Waals surface area contributed by atoms with Crippen LogP contribution in [0.1, 0.15) is 55.4 Å². The summed E-state index contributed by atoms with van der Waals surface area (Å²) >= 11 is 0. The molecule has 1 aliphatic rings. The maximum atomic E-state index is 10.9. The summed E-state index contributed by atoms with van der Waals surface area (Å²) in [7, 11) is 0. The molecule has 0 atom stereocenters. The Hall–Kier alpha value is -1.32. The van der Waals surface area contributed by atoms with Gasteiger partial charge in [-0.15, -0.1) is 0 Å². The fourth-order valence-electron chi connectivity index (χ4n) is 2.78. The van der Waals surface area contributed by atoms with E-state index in [4.69, 9.17) is 5.11 Å². The van der Waals surface area contributed by atoms with Crippen molar-refractivity contribution in [2.24, 2.45) is 0 Å². The number of imidazole rings is 1. The monoisotopic (exact) mass is 236 g/mol. The van der Waals surface area contributed by atoms with Crippen LogP contribution in [0.4, 0.5) is 0 Å². The summed E-state index contributed by atoms with van der Waals surface area (Å²) in [6.07, 6.45) is 6.14. The number of aromatic nitrogens is 2. The molecule has 1 saturated carbocycles. The molecule has 1 aromatic heterocycles. The number of hydrogen-bond donors (Lipinski definition) is 1. The number of carboxylic acids is 1. The van der Waals surface area contributed by atoms with Crippen molar-refractivity contribution in [3.63, 3.8) is 0 Å². The van der Waals surface area contributed by atoms with Crippen LogP contribution in [0.5, 0.6) is 0 Å². The summed E-state index contributed by atoms with van der Waals surface area (Å²) in [4.78, 5) is 15.3. The Morgan fingerprint density at radius 2 is 2.00 bits per heavy atom. The van der Waals surface area contributed by atoms with E-state index in [2.05, 4.69) is 9.55 Å². The minimum atomic E-state index is -0.799. The Labute approximate surface area is 102 Å². The molecule has 0 aliphatic heterocycles. The lowest BCUT2D eigenvalue weighted by atomic mass is 9.95. The van der Waals surface area contributed by atoms with Gasteiger partial charge in [0.2, 0.25) is 0 Å². The van der Waals surface area contributed by atoms with Crippen molar-refractivity contribution >= 4 is 5.97 Å². The molecule has 0 radical (unpaired) electrons. The highest BCUT2D eigenvalue weighted by atomic mass is 16.4. The summed E-state index contributed by atoms with van der Waals surface area (Å²) in [6.45, 7) is 4.00. The van der Waals surface area contributed by atoms with Gasteiger partial charge in [-0.3, -0.25) is 4.79 Å². The summed E-state index contributed by atoms with van der Waals surface area (Å²) in [5.74, 6) is -0.0774. The number of rotatable bonds is 3. The van der Waals surface area contributed by atoms with Gasteiger partial charge in [-0.1, -0.05) is 19.3 Å². The van der Waals surface area contributed by atoms with E-state index in [1.165, 1.54) is 19.3 Å². The zero-order valence-electron chi connectivity index (χ0n) is 10.6. The summed E-state index contributed by atoms with van der Waals surface area (Å²) in [5, 5.41) is 8.94. The van der Waals surface area contributed by atoms with Crippen LogP contribution in [0.25, 0.3) is 0 Å². The lowest BCUT2D eigenvalue weighted by Crippen LogP contribution is -2.18. The van der Waals surface area contributed by atoms with Crippen molar-refractivity contribution in [2.45, 2.75) is 58.4 Å². The van der Waals surface area contributed by atoms with Gasteiger partial charge in [0.25, 0.3) is 0 Å². The van der Waals surface area contributed by atoms with Gasteiger partial charge in [0.15, 0.2) is 0 Å². The Bertz CT molecular complexity index is 417. The molecule has 1 aliphatic carbocycles. The molecule has 1 aromatic rings. The first-order valence-corrected chi connectivity index (χ1v) is 6.35.